The van der Waals surface area contributed by atoms with Gasteiger partial charge in [0.1, 0.15) is 17.6 Å². The Hall–Kier alpha value is -2.03. The monoisotopic (exact) mass is 227 g/mol. The summed E-state index contributed by atoms with van der Waals surface area (Å²) in [5.41, 5.74) is 1.85. The molecule has 3 heteroatoms. The van der Waals surface area contributed by atoms with E-state index in [1.807, 2.05) is 24.3 Å². The number of ether oxygens (including phenoxy) is 1. The second-order valence-corrected chi connectivity index (χ2v) is 4.15. The number of hydrogen-bond acceptors (Lipinski definition) is 3. The molecule has 1 unspecified atom stereocenters. The topological polar surface area (TPSA) is 42.4 Å². The Balaban J connectivity index is 1.91. The van der Waals surface area contributed by atoms with E-state index in [1.54, 1.807) is 18.3 Å². The molecule has 0 radical (unpaired) electrons. The zero-order chi connectivity index (χ0) is 11.7. The van der Waals surface area contributed by atoms with Crippen LogP contribution in [0.2, 0.25) is 0 Å². The van der Waals surface area contributed by atoms with E-state index in [0.29, 0.717) is 5.75 Å². The predicted molar refractivity (Wildman–Crippen MR) is 64.0 cm³/mol. The summed E-state index contributed by atoms with van der Waals surface area (Å²) in [6, 6.07) is 11.2. The normalized spacial score (nSPS) is 18.2. The predicted octanol–water partition coefficient (Wildman–Crippen LogP) is 2.85. The maximum absolute atomic E-state index is 9.72. The lowest BCUT2D eigenvalue weighted by Gasteiger charge is -2.26. The fourth-order valence-electron chi connectivity index (χ4n) is 2.18. The number of pyridine rings is 1. The maximum Gasteiger partial charge on any atom is 0.141 e. The van der Waals surface area contributed by atoms with Crippen LogP contribution in [0.3, 0.4) is 0 Å². The number of fused-ring (bicyclic) bond motifs is 1. The summed E-state index contributed by atoms with van der Waals surface area (Å²) < 4.78 is 5.88. The first kappa shape index (κ1) is 10.1. The molecule has 1 aliphatic heterocycles. The van der Waals surface area contributed by atoms with Crippen LogP contribution in [0.4, 0.5) is 0 Å². The number of rotatable bonds is 1. The smallest absolute Gasteiger partial charge is 0.141 e. The highest BCUT2D eigenvalue weighted by molar-refractivity contribution is 5.45. The van der Waals surface area contributed by atoms with Gasteiger partial charge in [-0.25, -0.2) is 0 Å². The van der Waals surface area contributed by atoms with Crippen molar-refractivity contribution >= 4 is 0 Å². The second kappa shape index (κ2) is 4.09. The van der Waals surface area contributed by atoms with E-state index >= 15 is 0 Å². The second-order valence-electron chi connectivity index (χ2n) is 4.15. The average molecular weight is 227 g/mol. The largest absolute Gasteiger partial charge is 0.508 e. The van der Waals surface area contributed by atoms with E-state index < -0.39 is 0 Å². The molecule has 1 aromatic carbocycles. The van der Waals surface area contributed by atoms with Gasteiger partial charge < -0.3 is 9.84 Å². The van der Waals surface area contributed by atoms with Gasteiger partial charge in [-0.1, -0.05) is 12.1 Å². The molecule has 0 amide bonds. The lowest BCUT2D eigenvalue weighted by Crippen LogP contribution is -2.16. The number of phenolic OH excluding ortho intramolecular Hbond substituents is 1. The first-order valence-corrected chi connectivity index (χ1v) is 5.73. The van der Waals surface area contributed by atoms with Gasteiger partial charge in [0.25, 0.3) is 0 Å². The van der Waals surface area contributed by atoms with Crippen molar-refractivity contribution in [3.63, 3.8) is 0 Å². The summed E-state index contributed by atoms with van der Waals surface area (Å²) >= 11 is 0. The first-order valence-electron chi connectivity index (χ1n) is 5.73. The molecular formula is C14H13NO2. The highest BCUT2D eigenvalue weighted by Crippen LogP contribution is 2.38. The molecule has 0 saturated carbocycles. The molecule has 0 spiro atoms. The fraction of sp³-hybridized carbons (Fsp3) is 0.214. The minimum Gasteiger partial charge on any atom is -0.508 e. The molecule has 0 aliphatic carbocycles. The molecule has 2 heterocycles. The van der Waals surface area contributed by atoms with E-state index in [0.717, 1.165) is 29.8 Å². The van der Waals surface area contributed by atoms with Crippen LogP contribution in [0.25, 0.3) is 0 Å². The summed E-state index contributed by atoms with van der Waals surface area (Å²) in [4.78, 5) is 4.31. The van der Waals surface area contributed by atoms with Crippen LogP contribution in [-0.4, -0.2) is 10.1 Å². The summed E-state index contributed by atoms with van der Waals surface area (Å²) in [6.45, 7) is 0. The van der Waals surface area contributed by atoms with Crippen LogP contribution >= 0.6 is 0 Å². The van der Waals surface area contributed by atoms with Crippen molar-refractivity contribution < 1.29 is 9.84 Å². The Morgan fingerprint density at radius 2 is 2.12 bits per heavy atom. The van der Waals surface area contributed by atoms with Crippen LogP contribution in [0.1, 0.15) is 23.8 Å². The summed E-state index contributed by atoms with van der Waals surface area (Å²) in [7, 11) is 0. The van der Waals surface area contributed by atoms with Crippen molar-refractivity contribution in [3.05, 3.63) is 53.9 Å². The van der Waals surface area contributed by atoms with Crippen LogP contribution in [-0.2, 0) is 6.42 Å². The van der Waals surface area contributed by atoms with E-state index in [2.05, 4.69) is 4.98 Å². The quantitative estimate of drug-likeness (QED) is 0.814. The van der Waals surface area contributed by atoms with Gasteiger partial charge in [0, 0.05) is 11.8 Å². The third kappa shape index (κ3) is 1.84. The highest BCUT2D eigenvalue weighted by Gasteiger charge is 2.23. The van der Waals surface area contributed by atoms with Gasteiger partial charge >= 0.3 is 0 Å². The molecule has 2 aromatic rings. The zero-order valence-electron chi connectivity index (χ0n) is 9.34. The van der Waals surface area contributed by atoms with E-state index in [9.17, 15) is 5.11 Å². The Morgan fingerprint density at radius 1 is 1.18 bits per heavy atom. The number of aromatic nitrogens is 1. The molecule has 1 N–H and O–H groups in total. The van der Waals surface area contributed by atoms with Crippen molar-refractivity contribution in [1.82, 2.24) is 4.98 Å². The van der Waals surface area contributed by atoms with Crippen LogP contribution < -0.4 is 4.74 Å². The van der Waals surface area contributed by atoms with Gasteiger partial charge in [0.05, 0.1) is 5.69 Å². The fourth-order valence-corrected chi connectivity index (χ4v) is 2.18. The molecule has 1 atom stereocenters. The van der Waals surface area contributed by atoms with Crippen molar-refractivity contribution in [2.24, 2.45) is 0 Å². The molecule has 0 saturated heterocycles. The van der Waals surface area contributed by atoms with Crippen molar-refractivity contribution in [1.29, 1.82) is 0 Å². The highest BCUT2D eigenvalue weighted by atomic mass is 16.5. The van der Waals surface area contributed by atoms with Crippen molar-refractivity contribution in [3.8, 4) is 11.5 Å². The maximum atomic E-state index is 9.72. The number of phenols is 1. The Labute approximate surface area is 99.7 Å². The van der Waals surface area contributed by atoms with Gasteiger partial charge in [-0.05, 0) is 37.1 Å². The lowest BCUT2D eigenvalue weighted by atomic mass is 9.99. The van der Waals surface area contributed by atoms with Crippen LogP contribution in [0.15, 0.2) is 42.6 Å². The van der Waals surface area contributed by atoms with Crippen molar-refractivity contribution in [2.45, 2.75) is 18.9 Å². The number of benzene rings is 1. The van der Waals surface area contributed by atoms with Crippen LogP contribution in [0.5, 0.6) is 11.5 Å². The third-order valence-corrected chi connectivity index (χ3v) is 3.05. The minimum atomic E-state index is -0.00880. The molecular weight excluding hydrogens is 214 g/mol. The lowest BCUT2D eigenvalue weighted by molar-refractivity contribution is 0.170. The molecule has 86 valence electrons. The Kier molecular flexibility index (Phi) is 2.44. The van der Waals surface area contributed by atoms with Gasteiger partial charge in [-0.2, -0.15) is 0 Å². The van der Waals surface area contributed by atoms with E-state index in [4.69, 9.17) is 4.74 Å². The van der Waals surface area contributed by atoms with Gasteiger partial charge in [0.15, 0.2) is 0 Å². The van der Waals surface area contributed by atoms with Crippen LogP contribution in [0, 0.1) is 0 Å². The zero-order valence-corrected chi connectivity index (χ0v) is 9.34. The van der Waals surface area contributed by atoms with E-state index in [-0.39, 0.29) is 6.10 Å². The van der Waals surface area contributed by atoms with Gasteiger partial charge in [-0.15, -0.1) is 0 Å². The average Bonchev–Trinajstić information content (AvgIpc) is 2.40. The molecule has 17 heavy (non-hydrogen) atoms. The van der Waals surface area contributed by atoms with Gasteiger partial charge in [0.2, 0.25) is 0 Å². The minimum absolute atomic E-state index is 0.00880. The molecule has 1 aliphatic rings. The summed E-state index contributed by atoms with van der Waals surface area (Å²) in [6.07, 6.45) is 3.44. The first-order chi connectivity index (χ1) is 8.34. The summed E-state index contributed by atoms with van der Waals surface area (Å²) in [5, 5.41) is 9.72. The Morgan fingerprint density at radius 3 is 2.94 bits per heavy atom. The van der Waals surface area contributed by atoms with Crippen molar-refractivity contribution in [2.75, 3.05) is 0 Å². The SMILES string of the molecule is Oc1cccc2c1CCC(c1ccccn1)O2. The Bertz CT molecular complexity index is 525. The van der Waals surface area contributed by atoms with Gasteiger partial charge in [-0.3, -0.25) is 4.98 Å². The third-order valence-electron chi connectivity index (χ3n) is 3.05. The number of hydrogen-bond donors (Lipinski definition) is 1. The van der Waals surface area contributed by atoms with E-state index in [1.165, 1.54) is 0 Å². The molecule has 1 aromatic heterocycles. The molecule has 0 bridgehead atoms. The number of nitrogens with zero attached hydrogens (tertiary/aromatic N) is 1. The molecule has 3 nitrogen and oxygen atoms in total. The number of aromatic hydroxyl groups is 1. The molecule has 3 rings (SSSR count). The summed E-state index contributed by atoms with van der Waals surface area (Å²) in [5.74, 6) is 1.09. The molecule has 0 fully saturated rings. The standard InChI is InChI=1S/C14H13NO2/c16-12-5-3-6-13-10(12)7-8-14(17-13)11-4-1-2-9-15-11/h1-6,9,14,16H,7-8H2.